The second kappa shape index (κ2) is 12.1. The van der Waals surface area contributed by atoms with Crippen LogP contribution in [0.25, 0.3) is 11.4 Å². The molecule has 0 spiro atoms. The van der Waals surface area contributed by atoms with E-state index in [-0.39, 0.29) is 36.6 Å². The Morgan fingerprint density at radius 1 is 1.16 bits per heavy atom. The van der Waals surface area contributed by atoms with Crippen molar-refractivity contribution in [2.45, 2.75) is 64.1 Å². The van der Waals surface area contributed by atoms with Gasteiger partial charge in [0, 0.05) is 37.2 Å². The normalized spacial score (nSPS) is 16.2. The number of benzene rings is 2. The van der Waals surface area contributed by atoms with E-state index >= 15 is 0 Å². The van der Waals surface area contributed by atoms with Gasteiger partial charge in [0.2, 0.25) is 11.7 Å². The van der Waals surface area contributed by atoms with Crippen molar-refractivity contribution in [2.75, 3.05) is 18.4 Å². The van der Waals surface area contributed by atoms with Gasteiger partial charge in [-0.1, -0.05) is 53.7 Å². The topological polar surface area (TPSA) is 110 Å². The van der Waals surface area contributed by atoms with Crippen molar-refractivity contribution >= 4 is 18.0 Å². The predicted molar refractivity (Wildman–Crippen MR) is 141 cm³/mol. The van der Waals surface area contributed by atoms with Crippen molar-refractivity contribution in [1.82, 2.24) is 20.4 Å². The molecular formula is C28H34FN5O4. The smallest absolute Gasteiger partial charge is 0.407 e. The highest BCUT2D eigenvalue weighted by molar-refractivity contribution is 5.78. The van der Waals surface area contributed by atoms with Crippen LogP contribution in [0.2, 0.25) is 0 Å². The molecule has 10 heteroatoms. The Morgan fingerprint density at radius 2 is 1.89 bits per heavy atom. The van der Waals surface area contributed by atoms with Crippen LogP contribution < -0.4 is 10.6 Å². The highest BCUT2D eigenvalue weighted by atomic mass is 19.1. The first-order valence-electron chi connectivity index (χ1n) is 12.8. The molecule has 0 saturated carbocycles. The summed E-state index contributed by atoms with van der Waals surface area (Å²) in [7, 11) is 0. The standard InChI is InChI=1S/C28H34FN5O4/c1-28(2,3)37-27(36)31-21(16-20-12-7-8-14-23(20)29)17-24(35)34-15-9-13-22(34)18-30-26-32-25(33-38-26)19-10-5-4-6-11-19/h4-8,10-12,14,21-22H,9,13,15-18H2,1-3H3,(H,31,36)(H,30,32,33)/t21-,22?/m1/s1. The lowest BCUT2D eigenvalue weighted by atomic mass is 10.0. The molecule has 0 aliphatic carbocycles. The lowest BCUT2D eigenvalue weighted by Crippen LogP contribution is -2.46. The first-order chi connectivity index (χ1) is 18.2. The molecule has 3 aromatic rings. The fourth-order valence-electron chi connectivity index (χ4n) is 4.49. The van der Waals surface area contributed by atoms with Crippen LogP contribution in [0.5, 0.6) is 0 Å². The summed E-state index contributed by atoms with van der Waals surface area (Å²) in [5, 5.41) is 9.93. The first-order valence-corrected chi connectivity index (χ1v) is 12.8. The van der Waals surface area contributed by atoms with Crippen LogP contribution in [0.4, 0.5) is 15.2 Å². The third-order valence-corrected chi connectivity index (χ3v) is 6.21. The molecule has 2 amide bonds. The largest absolute Gasteiger partial charge is 0.444 e. The number of carbonyl (C=O) groups excluding carboxylic acids is 2. The van der Waals surface area contributed by atoms with Gasteiger partial charge < -0.3 is 24.8 Å². The Bertz CT molecular complexity index is 1230. The van der Waals surface area contributed by atoms with E-state index in [1.54, 1.807) is 43.9 Å². The Morgan fingerprint density at radius 3 is 2.63 bits per heavy atom. The minimum Gasteiger partial charge on any atom is -0.444 e. The minimum absolute atomic E-state index is 0.0167. The summed E-state index contributed by atoms with van der Waals surface area (Å²) in [5.74, 6) is -0.0209. The number of aromatic nitrogens is 2. The van der Waals surface area contributed by atoms with Gasteiger partial charge >= 0.3 is 12.1 Å². The van der Waals surface area contributed by atoms with E-state index in [9.17, 15) is 14.0 Å². The van der Waals surface area contributed by atoms with Crippen LogP contribution in [-0.2, 0) is 16.0 Å². The number of carbonyl (C=O) groups is 2. The quantitative estimate of drug-likeness (QED) is 0.414. The minimum atomic E-state index is -0.697. The molecule has 9 nitrogen and oxygen atoms in total. The average molecular weight is 524 g/mol. The van der Waals surface area contributed by atoms with Crippen molar-refractivity contribution < 1.29 is 23.2 Å². The van der Waals surface area contributed by atoms with Crippen LogP contribution in [-0.4, -0.2) is 57.8 Å². The third-order valence-electron chi connectivity index (χ3n) is 6.21. The number of hydrogen-bond donors (Lipinski definition) is 2. The molecule has 2 aromatic carbocycles. The van der Waals surface area contributed by atoms with Gasteiger partial charge in [-0.2, -0.15) is 4.98 Å². The maximum absolute atomic E-state index is 14.4. The fourth-order valence-corrected chi connectivity index (χ4v) is 4.49. The van der Waals surface area contributed by atoms with E-state index < -0.39 is 17.7 Å². The van der Waals surface area contributed by atoms with Crippen molar-refractivity contribution in [1.29, 1.82) is 0 Å². The molecule has 202 valence electrons. The summed E-state index contributed by atoms with van der Waals surface area (Å²) < 4.78 is 25.1. The van der Waals surface area contributed by atoms with E-state index in [1.165, 1.54) is 6.07 Å². The number of anilines is 1. The highest BCUT2D eigenvalue weighted by Gasteiger charge is 2.31. The molecule has 2 heterocycles. The van der Waals surface area contributed by atoms with E-state index in [4.69, 9.17) is 9.26 Å². The number of ether oxygens (including phenoxy) is 1. The summed E-state index contributed by atoms with van der Waals surface area (Å²) in [6.45, 7) is 6.33. The average Bonchev–Trinajstić information content (AvgIpc) is 3.53. The van der Waals surface area contributed by atoms with Crippen molar-refractivity contribution in [3.8, 4) is 11.4 Å². The van der Waals surface area contributed by atoms with E-state index in [0.29, 0.717) is 24.5 Å². The van der Waals surface area contributed by atoms with E-state index in [1.807, 2.05) is 30.3 Å². The zero-order chi connectivity index (χ0) is 27.1. The number of likely N-dealkylation sites (tertiary alicyclic amines) is 1. The SMILES string of the molecule is CC(C)(C)OC(=O)N[C@@H](CC(=O)N1CCCC1CNc1nc(-c2ccccc2)no1)Cc1ccccc1F. The van der Waals surface area contributed by atoms with Gasteiger partial charge in [-0.15, -0.1) is 0 Å². The molecule has 0 radical (unpaired) electrons. The zero-order valence-corrected chi connectivity index (χ0v) is 21.9. The van der Waals surface area contributed by atoms with Crippen molar-refractivity contribution in [3.63, 3.8) is 0 Å². The summed E-state index contributed by atoms with van der Waals surface area (Å²) in [6.07, 6.45) is 1.21. The molecule has 1 fully saturated rings. The van der Waals surface area contributed by atoms with Crippen LogP contribution >= 0.6 is 0 Å². The summed E-state index contributed by atoms with van der Waals surface area (Å²) in [4.78, 5) is 32.0. The number of alkyl carbamates (subject to hydrolysis) is 1. The number of rotatable bonds is 9. The second-order valence-electron chi connectivity index (χ2n) is 10.4. The summed E-state index contributed by atoms with van der Waals surface area (Å²) in [5.41, 5.74) is 0.573. The van der Waals surface area contributed by atoms with Gasteiger partial charge in [0.1, 0.15) is 11.4 Å². The number of amides is 2. The molecule has 1 aliphatic rings. The van der Waals surface area contributed by atoms with E-state index in [0.717, 1.165) is 18.4 Å². The molecule has 4 rings (SSSR count). The van der Waals surface area contributed by atoms with Crippen LogP contribution in [0.3, 0.4) is 0 Å². The molecule has 1 aromatic heterocycles. The first kappa shape index (κ1) is 27.1. The molecule has 1 aliphatic heterocycles. The Labute approximate surface area is 221 Å². The molecular weight excluding hydrogens is 489 g/mol. The number of nitrogens with one attached hydrogen (secondary N) is 2. The maximum Gasteiger partial charge on any atom is 0.407 e. The Hall–Kier alpha value is -3.95. The molecule has 1 unspecified atom stereocenters. The molecule has 38 heavy (non-hydrogen) atoms. The summed E-state index contributed by atoms with van der Waals surface area (Å²) >= 11 is 0. The number of halogens is 1. The van der Waals surface area contributed by atoms with Gasteiger partial charge in [-0.05, 0) is 51.7 Å². The monoisotopic (exact) mass is 523 g/mol. The van der Waals surface area contributed by atoms with Gasteiger partial charge in [0.05, 0.1) is 0 Å². The van der Waals surface area contributed by atoms with Crippen molar-refractivity contribution in [3.05, 3.63) is 66.0 Å². The van der Waals surface area contributed by atoms with Gasteiger partial charge in [-0.25, -0.2) is 9.18 Å². The molecule has 1 saturated heterocycles. The molecule has 2 atom stereocenters. The molecule has 2 N–H and O–H groups in total. The zero-order valence-electron chi connectivity index (χ0n) is 21.9. The second-order valence-corrected chi connectivity index (χ2v) is 10.4. The maximum atomic E-state index is 14.4. The van der Waals surface area contributed by atoms with Crippen LogP contribution in [0.15, 0.2) is 59.1 Å². The van der Waals surface area contributed by atoms with E-state index in [2.05, 4.69) is 20.8 Å². The Kier molecular flexibility index (Phi) is 8.60. The van der Waals surface area contributed by atoms with Gasteiger partial charge in [0.25, 0.3) is 0 Å². The Balaban J connectivity index is 1.38. The van der Waals surface area contributed by atoms with Gasteiger partial charge in [0.15, 0.2) is 0 Å². The lowest BCUT2D eigenvalue weighted by Gasteiger charge is -2.28. The number of hydrogen-bond acceptors (Lipinski definition) is 7. The van der Waals surface area contributed by atoms with Crippen LogP contribution in [0, 0.1) is 5.82 Å². The van der Waals surface area contributed by atoms with Gasteiger partial charge in [-0.3, -0.25) is 4.79 Å². The number of nitrogens with zero attached hydrogens (tertiary/aromatic N) is 3. The highest BCUT2D eigenvalue weighted by Crippen LogP contribution is 2.22. The predicted octanol–water partition coefficient (Wildman–Crippen LogP) is 4.80. The van der Waals surface area contributed by atoms with Crippen molar-refractivity contribution in [2.24, 2.45) is 0 Å². The third kappa shape index (κ3) is 7.53. The van der Waals surface area contributed by atoms with Crippen LogP contribution in [0.1, 0.15) is 45.6 Å². The summed E-state index contributed by atoms with van der Waals surface area (Å²) in [6, 6.07) is 15.4. The lowest BCUT2D eigenvalue weighted by molar-refractivity contribution is -0.132. The fraction of sp³-hybridized carbons (Fsp3) is 0.429. The molecule has 0 bridgehead atoms.